The highest BCUT2D eigenvalue weighted by Gasteiger charge is 2.49. The van der Waals surface area contributed by atoms with Gasteiger partial charge >= 0.3 is 5.97 Å². The van der Waals surface area contributed by atoms with Gasteiger partial charge in [0, 0.05) is 28.8 Å². The number of primary sulfonamides is 1. The van der Waals surface area contributed by atoms with Crippen molar-refractivity contribution in [2.24, 2.45) is 16.0 Å². The fourth-order valence-electron chi connectivity index (χ4n) is 4.03. The number of nitrogen functional groups attached to an aromatic ring is 1. The van der Waals surface area contributed by atoms with Gasteiger partial charge in [-0.3, -0.25) is 15.0 Å². The summed E-state index contributed by atoms with van der Waals surface area (Å²) in [5.74, 6) is -1.41. The first-order chi connectivity index (χ1) is 18.0. The van der Waals surface area contributed by atoms with Crippen LogP contribution in [0.2, 0.25) is 0 Å². The van der Waals surface area contributed by atoms with E-state index in [0.717, 1.165) is 0 Å². The number of amidine groups is 1. The Balaban J connectivity index is 1.57. The van der Waals surface area contributed by atoms with Crippen LogP contribution < -0.4 is 16.2 Å². The van der Waals surface area contributed by atoms with Crippen molar-refractivity contribution in [3.8, 4) is 11.1 Å². The number of esters is 1. The van der Waals surface area contributed by atoms with Crippen LogP contribution in [-0.4, -0.2) is 44.6 Å². The number of benzene rings is 3. The third kappa shape index (κ3) is 5.56. The van der Waals surface area contributed by atoms with E-state index >= 15 is 0 Å². The largest absolute Gasteiger partial charge is 0.469 e. The molecule has 0 aliphatic carbocycles. The monoisotopic (exact) mass is 535 g/mol. The molecule has 1 amide bonds. The SMILES string of the molecule is COC(=O)C[C@]1(C(=O)Nc2ccc(-c3ccccc3S(N)(=O)=O)cc2)CC(c2cccc(C(=N)N)c2)=NO1. The highest BCUT2D eigenvalue weighted by molar-refractivity contribution is 7.89. The number of nitrogens with one attached hydrogen (secondary N) is 2. The Kier molecular flexibility index (Phi) is 7.28. The Morgan fingerprint density at radius 1 is 1.08 bits per heavy atom. The molecule has 0 saturated carbocycles. The van der Waals surface area contributed by atoms with E-state index in [9.17, 15) is 18.0 Å². The molecule has 196 valence electrons. The molecule has 0 unspecified atom stereocenters. The molecule has 12 heteroatoms. The number of methoxy groups -OCH3 is 1. The highest BCUT2D eigenvalue weighted by Crippen LogP contribution is 2.33. The van der Waals surface area contributed by atoms with Crippen molar-refractivity contribution in [3.05, 3.63) is 83.9 Å². The Morgan fingerprint density at radius 3 is 2.45 bits per heavy atom. The minimum atomic E-state index is -3.94. The van der Waals surface area contributed by atoms with E-state index in [1.165, 1.54) is 13.2 Å². The lowest BCUT2D eigenvalue weighted by Gasteiger charge is -2.24. The second kappa shape index (κ2) is 10.4. The van der Waals surface area contributed by atoms with Gasteiger partial charge in [0.2, 0.25) is 15.6 Å². The third-order valence-electron chi connectivity index (χ3n) is 6.01. The second-order valence-electron chi connectivity index (χ2n) is 8.62. The molecule has 1 aliphatic rings. The van der Waals surface area contributed by atoms with Crippen LogP contribution in [0.1, 0.15) is 24.0 Å². The smallest absolute Gasteiger partial charge is 0.310 e. The number of carbonyl (C=O) groups is 2. The molecule has 38 heavy (non-hydrogen) atoms. The predicted octanol–water partition coefficient (Wildman–Crippen LogP) is 2.35. The minimum Gasteiger partial charge on any atom is -0.469 e. The van der Waals surface area contributed by atoms with Crippen LogP contribution in [0.5, 0.6) is 0 Å². The number of oxime groups is 1. The maximum atomic E-state index is 13.4. The van der Waals surface area contributed by atoms with E-state index in [1.807, 2.05) is 0 Å². The lowest BCUT2D eigenvalue weighted by Crippen LogP contribution is -2.45. The predicted molar refractivity (Wildman–Crippen MR) is 141 cm³/mol. The van der Waals surface area contributed by atoms with Crippen molar-refractivity contribution in [1.82, 2.24) is 0 Å². The summed E-state index contributed by atoms with van der Waals surface area (Å²) in [5.41, 5.74) is 6.75. The molecule has 0 fully saturated rings. The quantitative estimate of drug-likeness (QED) is 0.193. The molecule has 0 radical (unpaired) electrons. The molecular formula is C26H25N5O6S. The fraction of sp³-hybridized carbons (Fsp3) is 0.154. The Hall–Kier alpha value is -4.55. The van der Waals surface area contributed by atoms with Crippen molar-refractivity contribution in [2.75, 3.05) is 12.4 Å². The van der Waals surface area contributed by atoms with Crippen LogP contribution in [0.25, 0.3) is 11.1 Å². The van der Waals surface area contributed by atoms with Gasteiger partial charge in [0.05, 0.1) is 24.1 Å². The molecule has 6 N–H and O–H groups in total. The average molecular weight is 536 g/mol. The molecule has 1 atom stereocenters. The highest BCUT2D eigenvalue weighted by atomic mass is 32.2. The molecule has 11 nitrogen and oxygen atoms in total. The molecule has 3 aromatic rings. The summed E-state index contributed by atoms with van der Waals surface area (Å²) in [4.78, 5) is 31.2. The van der Waals surface area contributed by atoms with Gasteiger partial charge in [-0.1, -0.05) is 53.7 Å². The molecule has 4 rings (SSSR count). The number of hydrogen-bond donors (Lipinski definition) is 4. The molecule has 0 aromatic heterocycles. The number of nitrogens with zero attached hydrogens (tertiary/aromatic N) is 1. The van der Waals surface area contributed by atoms with E-state index in [0.29, 0.717) is 33.7 Å². The zero-order valence-electron chi connectivity index (χ0n) is 20.3. The number of amides is 1. The summed E-state index contributed by atoms with van der Waals surface area (Å²) in [6.07, 6.45) is -0.427. The lowest BCUT2D eigenvalue weighted by molar-refractivity contribution is -0.155. The summed E-state index contributed by atoms with van der Waals surface area (Å²) in [6, 6.07) is 19.5. The first-order valence-corrected chi connectivity index (χ1v) is 12.9. The molecule has 3 aromatic carbocycles. The van der Waals surface area contributed by atoms with Gasteiger partial charge in [-0.15, -0.1) is 0 Å². The summed E-state index contributed by atoms with van der Waals surface area (Å²) in [6.45, 7) is 0. The molecule has 0 saturated heterocycles. The minimum absolute atomic E-state index is 0.0216. The maximum Gasteiger partial charge on any atom is 0.310 e. The van der Waals surface area contributed by atoms with Crippen LogP contribution in [0.4, 0.5) is 5.69 Å². The van der Waals surface area contributed by atoms with E-state index in [4.69, 9.17) is 25.9 Å². The number of rotatable bonds is 8. The van der Waals surface area contributed by atoms with Crippen LogP contribution in [0.15, 0.2) is 82.8 Å². The second-order valence-corrected chi connectivity index (χ2v) is 10.2. The van der Waals surface area contributed by atoms with Gasteiger partial charge in [0.1, 0.15) is 5.84 Å². The molecular weight excluding hydrogens is 510 g/mol. The number of hydrogen-bond acceptors (Lipinski definition) is 8. The van der Waals surface area contributed by atoms with E-state index in [1.54, 1.807) is 66.7 Å². The van der Waals surface area contributed by atoms with Gasteiger partial charge in [-0.2, -0.15) is 0 Å². The molecule has 1 heterocycles. The number of ether oxygens (including phenoxy) is 1. The Morgan fingerprint density at radius 2 is 1.79 bits per heavy atom. The zero-order chi connectivity index (χ0) is 27.5. The zero-order valence-corrected chi connectivity index (χ0v) is 21.1. The summed E-state index contributed by atoms with van der Waals surface area (Å²) in [7, 11) is -2.73. The van der Waals surface area contributed by atoms with Gasteiger partial charge in [-0.05, 0) is 29.8 Å². The number of anilines is 1. The Bertz CT molecular complexity index is 1550. The number of sulfonamides is 1. The third-order valence-corrected chi connectivity index (χ3v) is 6.98. The summed E-state index contributed by atoms with van der Waals surface area (Å²) in [5, 5.41) is 19.8. The molecule has 0 spiro atoms. The molecule has 0 bridgehead atoms. The van der Waals surface area contributed by atoms with Crippen molar-refractivity contribution < 1.29 is 27.6 Å². The normalized spacial score (nSPS) is 16.7. The summed E-state index contributed by atoms with van der Waals surface area (Å²) < 4.78 is 28.7. The van der Waals surface area contributed by atoms with E-state index in [2.05, 4.69) is 10.5 Å². The van der Waals surface area contributed by atoms with Gasteiger partial charge in [0.15, 0.2) is 0 Å². The fourth-order valence-corrected chi connectivity index (χ4v) is 4.79. The van der Waals surface area contributed by atoms with Crippen molar-refractivity contribution in [3.63, 3.8) is 0 Å². The average Bonchev–Trinajstić information content (AvgIpc) is 3.34. The summed E-state index contributed by atoms with van der Waals surface area (Å²) >= 11 is 0. The van der Waals surface area contributed by atoms with Crippen LogP contribution in [0.3, 0.4) is 0 Å². The van der Waals surface area contributed by atoms with Crippen molar-refractivity contribution >= 4 is 39.1 Å². The van der Waals surface area contributed by atoms with E-state index in [-0.39, 0.29) is 17.2 Å². The Labute approximate surface area is 219 Å². The van der Waals surface area contributed by atoms with Crippen LogP contribution in [-0.2, 0) is 29.2 Å². The van der Waals surface area contributed by atoms with Crippen molar-refractivity contribution in [2.45, 2.75) is 23.3 Å². The maximum absolute atomic E-state index is 13.4. The van der Waals surface area contributed by atoms with Crippen LogP contribution in [0, 0.1) is 5.41 Å². The first-order valence-electron chi connectivity index (χ1n) is 11.3. The lowest BCUT2D eigenvalue weighted by atomic mass is 9.89. The van der Waals surface area contributed by atoms with E-state index < -0.39 is 33.9 Å². The van der Waals surface area contributed by atoms with Gasteiger partial charge < -0.3 is 20.6 Å². The van der Waals surface area contributed by atoms with Gasteiger partial charge in [0.25, 0.3) is 5.91 Å². The molecule has 1 aliphatic heterocycles. The van der Waals surface area contributed by atoms with Crippen LogP contribution >= 0.6 is 0 Å². The van der Waals surface area contributed by atoms with Gasteiger partial charge in [-0.25, -0.2) is 13.6 Å². The van der Waals surface area contributed by atoms with Crippen molar-refractivity contribution in [1.29, 1.82) is 5.41 Å². The number of carbonyl (C=O) groups excluding carboxylic acids is 2. The topological polar surface area (TPSA) is 187 Å². The number of nitrogens with two attached hydrogens (primary N) is 2. The standard InChI is InChI=1S/C26H25N5O6S/c1-36-23(32)15-26(14-21(31-37-26)17-5-4-6-18(13-17)24(27)28)25(33)30-19-11-9-16(10-12-19)20-7-2-3-8-22(20)38(29,34)35/h2-13H,14-15H2,1H3,(H3,27,28)(H,30,33)(H2,29,34,35)/t26-/m0/s1. The first kappa shape index (κ1) is 26.5.